The number of ether oxygens (including phenoxy) is 1. The highest BCUT2D eigenvalue weighted by molar-refractivity contribution is 9.12. The van der Waals surface area contributed by atoms with Crippen molar-refractivity contribution in [3.05, 3.63) is 19.2 Å². The van der Waals surface area contributed by atoms with E-state index in [2.05, 4.69) is 31.9 Å². The van der Waals surface area contributed by atoms with Gasteiger partial charge < -0.3 is 4.74 Å². The second-order valence-corrected chi connectivity index (χ2v) is 6.77. The van der Waals surface area contributed by atoms with Crippen LogP contribution < -0.4 is 0 Å². The van der Waals surface area contributed by atoms with Gasteiger partial charge in [0.05, 0.1) is 13.7 Å². The number of ketones is 1. The van der Waals surface area contributed by atoms with Gasteiger partial charge in [0.1, 0.15) is 6.61 Å². The summed E-state index contributed by atoms with van der Waals surface area (Å²) in [6.45, 7) is 3.96. The van der Waals surface area contributed by atoms with E-state index in [0.717, 1.165) is 7.57 Å². The second kappa shape index (κ2) is 5.39. The summed E-state index contributed by atoms with van der Waals surface area (Å²) in [6, 6.07) is 1.81. The molecule has 0 aliphatic heterocycles. The maximum Gasteiger partial charge on any atom is 0.190 e. The van der Waals surface area contributed by atoms with Gasteiger partial charge in [0, 0.05) is 5.56 Å². The molecule has 0 aliphatic rings. The van der Waals surface area contributed by atoms with E-state index >= 15 is 0 Å². The Morgan fingerprint density at radius 2 is 2.21 bits per heavy atom. The summed E-state index contributed by atoms with van der Waals surface area (Å²) in [5, 5.41) is 0. The molecule has 2 nitrogen and oxygen atoms in total. The fraction of sp³-hybridized carbons (Fsp3) is 0.444. The number of Topliss-reactive ketones (excluding diaryl/α,β-unsaturated/α-hetero) is 1. The van der Waals surface area contributed by atoms with E-state index in [9.17, 15) is 4.79 Å². The zero-order chi connectivity index (χ0) is 10.7. The Kier molecular flexibility index (Phi) is 4.76. The van der Waals surface area contributed by atoms with Crippen LogP contribution in [0.3, 0.4) is 0 Å². The number of hydrogen-bond donors (Lipinski definition) is 0. The van der Waals surface area contributed by atoms with Gasteiger partial charge in [-0.3, -0.25) is 4.79 Å². The van der Waals surface area contributed by atoms with Crippen LogP contribution in [-0.2, 0) is 4.74 Å². The maximum absolute atomic E-state index is 11.6. The summed E-state index contributed by atoms with van der Waals surface area (Å²) < 4.78 is 7.03. The van der Waals surface area contributed by atoms with Crippen molar-refractivity contribution in [3.63, 3.8) is 0 Å². The molecule has 0 bridgehead atoms. The first kappa shape index (κ1) is 12.4. The lowest BCUT2D eigenvalue weighted by Gasteiger charge is -2.05. The number of halogens is 2. The predicted molar refractivity (Wildman–Crippen MR) is 65.1 cm³/mol. The largest absolute Gasteiger partial charge is 0.371 e. The Labute approximate surface area is 104 Å². The Bertz CT molecular complexity index is 334. The molecule has 14 heavy (non-hydrogen) atoms. The average Bonchev–Trinajstić information content (AvgIpc) is 2.41. The Hall–Kier alpha value is 0.290. The van der Waals surface area contributed by atoms with Crippen LogP contribution in [0, 0.1) is 0 Å². The molecule has 78 valence electrons. The van der Waals surface area contributed by atoms with Gasteiger partial charge in [0.25, 0.3) is 0 Å². The number of thiophene rings is 1. The van der Waals surface area contributed by atoms with E-state index in [4.69, 9.17) is 4.74 Å². The molecule has 0 saturated carbocycles. The summed E-state index contributed by atoms with van der Waals surface area (Å²) in [5.74, 6) is 0.00697. The highest BCUT2D eigenvalue weighted by Gasteiger charge is 2.13. The average molecular weight is 342 g/mol. The summed E-state index contributed by atoms with van der Waals surface area (Å²) in [7, 11) is 0. The quantitative estimate of drug-likeness (QED) is 0.777. The van der Waals surface area contributed by atoms with E-state index in [1.165, 1.54) is 11.3 Å². The molecule has 0 aliphatic carbocycles. The van der Waals surface area contributed by atoms with Gasteiger partial charge in [-0.05, 0) is 51.8 Å². The first-order valence-corrected chi connectivity index (χ1v) is 6.50. The molecule has 0 N–H and O–H groups in total. The third kappa shape index (κ3) is 3.46. The molecular weight excluding hydrogens is 332 g/mol. The van der Waals surface area contributed by atoms with Gasteiger partial charge in [-0.2, -0.15) is 0 Å². The number of carbonyl (C=O) groups excluding carboxylic acids is 1. The third-order valence-corrected chi connectivity index (χ3v) is 3.84. The van der Waals surface area contributed by atoms with Crippen molar-refractivity contribution in [3.8, 4) is 0 Å². The van der Waals surface area contributed by atoms with E-state index in [1.54, 1.807) is 6.07 Å². The highest BCUT2D eigenvalue weighted by atomic mass is 79.9. The van der Waals surface area contributed by atoms with E-state index in [0.29, 0.717) is 5.56 Å². The predicted octanol–water partition coefficient (Wildman–Crippen LogP) is 3.88. The van der Waals surface area contributed by atoms with E-state index in [-0.39, 0.29) is 18.5 Å². The zero-order valence-corrected chi connectivity index (χ0v) is 11.8. The van der Waals surface area contributed by atoms with Crippen LogP contribution >= 0.6 is 43.2 Å². The standard InChI is InChI=1S/C9H10Br2O2S/c1-5(2)13-4-7(12)6-3-8(10)14-9(6)11/h3,5H,4H2,1-2H3. The molecule has 0 spiro atoms. The normalized spacial score (nSPS) is 10.9. The molecule has 1 aromatic rings. The molecule has 1 aromatic heterocycles. The monoisotopic (exact) mass is 340 g/mol. The molecule has 5 heteroatoms. The summed E-state index contributed by atoms with van der Waals surface area (Å²) in [6.07, 6.45) is 0.0831. The van der Waals surface area contributed by atoms with Crippen molar-refractivity contribution in [1.29, 1.82) is 0 Å². The lowest BCUT2D eigenvalue weighted by atomic mass is 10.2. The maximum atomic E-state index is 11.6. The summed E-state index contributed by atoms with van der Waals surface area (Å²) in [5.41, 5.74) is 0.683. The second-order valence-electron chi connectivity index (χ2n) is 3.02. The van der Waals surface area contributed by atoms with Crippen molar-refractivity contribution < 1.29 is 9.53 Å². The molecule has 1 heterocycles. The SMILES string of the molecule is CC(C)OCC(=O)c1cc(Br)sc1Br. The van der Waals surface area contributed by atoms with Crippen molar-refractivity contribution in [2.45, 2.75) is 20.0 Å². The molecule has 0 atom stereocenters. The van der Waals surface area contributed by atoms with Crippen LogP contribution in [0.5, 0.6) is 0 Å². The first-order chi connectivity index (χ1) is 6.50. The van der Waals surface area contributed by atoms with Gasteiger partial charge in [-0.25, -0.2) is 0 Å². The van der Waals surface area contributed by atoms with Crippen LogP contribution in [0.2, 0.25) is 0 Å². The van der Waals surface area contributed by atoms with E-state index in [1.807, 2.05) is 13.8 Å². The molecule has 0 amide bonds. The van der Waals surface area contributed by atoms with Crippen LogP contribution in [0.25, 0.3) is 0 Å². The van der Waals surface area contributed by atoms with Crippen molar-refractivity contribution >= 4 is 49.0 Å². The fourth-order valence-corrected chi connectivity index (χ4v) is 3.71. The minimum atomic E-state index is 0.00697. The van der Waals surface area contributed by atoms with Crippen molar-refractivity contribution in [2.75, 3.05) is 6.61 Å². The molecule has 0 aromatic carbocycles. The van der Waals surface area contributed by atoms with Crippen LogP contribution in [0.15, 0.2) is 13.6 Å². The minimum Gasteiger partial charge on any atom is -0.371 e. The number of hydrogen-bond acceptors (Lipinski definition) is 3. The molecule has 1 rings (SSSR count). The lowest BCUT2D eigenvalue weighted by molar-refractivity contribution is 0.0584. The van der Waals surface area contributed by atoms with Crippen LogP contribution in [0.1, 0.15) is 24.2 Å². The van der Waals surface area contributed by atoms with Gasteiger partial charge in [-0.1, -0.05) is 0 Å². The molecule has 0 radical (unpaired) electrons. The summed E-state index contributed by atoms with van der Waals surface area (Å²) in [4.78, 5) is 11.6. The Morgan fingerprint density at radius 3 is 2.64 bits per heavy atom. The van der Waals surface area contributed by atoms with Gasteiger partial charge in [0.2, 0.25) is 0 Å². The molecule has 0 fully saturated rings. The third-order valence-electron chi connectivity index (χ3n) is 1.50. The Balaban J connectivity index is 2.65. The molecular formula is C9H10Br2O2S. The van der Waals surface area contributed by atoms with Gasteiger partial charge >= 0.3 is 0 Å². The number of carbonyl (C=O) groups is 1. The highest BCUT2D eigenvalue weighted by Crippen LogP contribution is 2.32. The van der Waals surface area contributed by atoms with Crippen LogP contribution in [-0.4, -0.2) is 18.5 Å². The topological polar surface area (TPSA) is 26.3 Å². The number of rotatable bonds is 4. The van der Waals surface area contributed by atoms with Crippen molar-refractivity contribution in [2.24, 2.45) is 0 Å². The molecule has 0 unspecified atom stereocenters. The fourth-order valence-electron chi connectivity index (χ4n) is 0.850. The van der Waals surface area contributed by atoms with Crippen LogP contribution in [0.4, 0.5) is 0 Å². The zero-order valence-electron chi connectivity index (χ0n) is 7.84. The van der Waals surface area contributed by atoms with Gasteiger partial charge in [0.15, 0.2) is 5.78 Å². The molecule has 0 saturated heterocycles. The van der Waals surface area contributed by atoms with Gasteiger partial charge in [-0.15, -0.1) is 11.3 Å². The lowest BCUT2D eigenvalue weighted by Crippen LogP contribution is -2.13. The Morgan fingerprint density at radius 1 is 1.57 bits per heavy atom. The van der Waals surface area contributed by atoms with Crippen molar-refractivity contribution in [1.82, 2.24) is 0 Å². The first-order valence-electron chi connectivity index (χ1n) is 4.10. The summed E-state index contributed by atoms with van der Waals surface area (Å²) >= 11 is 8.15. The van der Waals surface area contributed by atoms with E-state index < -0.39 is 0 Å². The smallest absolute Gasteiger partial charge is 0.190 e. The minimum absolute atomic E-state index is 0.00697.